The van der Waals surface area contributed by atoms with Crippen LogP contribution in [-0.4, -0.2) is 41.1 Å². The van der Waals surface area contributed by atoms with Gasteiger partial charge in [0.05, 0.1) is 0 Å². The van der Waals surface area contributed by atoms with Crippen LogP contribution in [0.15, 0.2) is 16.7 Å². The zero-order valence-electron chi connectivity index (χ0n) is 9.82. The van der Waals surface area contributed by atoms with Crippen LogP contribution in [0.5, 0.6) is 0 Å². The SMILES string of the molecule is Cn1cc(Br)cc1C(=O)N1CC[C@H]2CNC[C@H]21. The van der Waals surface area contributed by atoms with E-state index < -0.39 is 0 Å². The largest absolute Gasteiger partial charge is 0.345 e. The Morgan fingerprint density at radius 3 is 3.06 bits per heavy atom. The second-order valence-corrected chi connectivity index (χ2v) is 5.84. The third-order valence-corrected chi connectivity index (χ3v) is 4.33. The summed E-state index contributed by atoms with van der Waals surface area (Å²) in [6.07, 6.45) is 3.06. The molecule has 5 heteroatoms. The number of carbonyl (C=O) groups is 1. The number of rotatable bonds is 1. The lowest BCUT2D eigenvalue weighted by molar-refractivity contribution is 0.0727. The first-order valence-corrected chi connectivity index (χ1v) is 6.79. The first-order valence-electron chi connectivity index (χ1n) is 6.00. The summed E-state index contributed by atoms with van der Waals surface area (Å²) < 4.78 is 2.85. The summed E-state index contributed by atoms with van der Waals surface area (Å²) in [5, 5.41) is 3.37. The normalized spacial score (nSPS) is 27.5. The average molecular weight is 298 g/mol. The lowest BCUT2D eigenvalue weighted by atomic mass is 10.1. The molecule has 0 spiro atoms. The van der Waals surface area contributed by atoms with Gasteiger partial charge in [-0.15, -0.1) is 0 Å². The van der Waals surface area contributed by atoms with E-state index in [0.29, 0.717) is 12.0 Å². The predicted molar refractivity (Wildman–Crippen MR) is 68.9 cm³/mol. The lowest BCUT2D eigenvalue weighted by Gasteiger charge is -2.23. The molecule has 92 valence electrons. The van der Waals surface area contributed by atoms with E-state index in [4.69, 9.17) is 0 Å². The van der Waals surface area contributed by atoms with Crippen LogP contribution in [0.4, 0.5) is 0 Å². The van der Waals surface area contributed by atoms with Gasteiger partial charge in [-0.2, -0.15) is 0 Å². The van der Waals surface area contributed by atoms with Gasteiger partial charge in [0.15, 0.2) is 0 Å². The molecule has 0 saturated carbocycles. The van der Waals surface area contributed by atoms with Gasteiger partial charge in [-0.25, -0.2) is 0 Å². The maximum absolute atomic E-state index is 12.5. The van der Waals surface area contributed by atoms with Crippen molar-refractivity contribution >= 4 is 21.8 Å². The molecule has 0 unspecified atom stereocenters. The Labute approximate surface area is 109 Å². The van der Waals surface area contributed by atoms with Gasteiger partial charge in [-0.05, 0) is 34.3 Å². The highest BCUT2D eigenvalue weighted by atomic mass is 79.9. The first kappa shape index (κ1) is 11.3. The minimum absolute atomic E-state index is 0.161. The van der Waals surface area contributed by atoms with Crippen molar-refractivity contribution in [1.82, 2.24) is 14.8 Å². The summed E-state index contributed by atoms with van der Waals surface area (Å²) >= 11 is 3.41. The minimum atomic E-state index is 0.161. The summed E-state index contributed by atoms with van der Waals surface area (Å²) in [7, 11) is 1.92. The number of aromatic nitrogens is 1. The molecule has 2 aliphatic rings. The highest BCUT2D eigenvalue weighted by molar-refractivity contribution is 9.10. The van der Waals surface area contributed by atoms with Gasteiger partial charge in [0.1, 0.15) is 5.69 Å². The Bertz CT molecular complexity index is 457. The Balaban J connectivity index is 1.85. The number of carbonyl (C=O) groups excluding carboxylic acids is 1. The van der Waals surface area contributed by atoms with Crippen LogP contribution in [0.3, 0.4) is 0 Å². The fraction of sp³-hybridized carbons (Fsp3) is 0.583. The van der Waals surface area contributed by atoms with Crippen LogP contribution in [0.2, 0.25) is 0 Å². The van der Waals surface area contributed by atoms with Crippen LogP contribution in [0.1, 0.15) is 16.9 Å². The lowest BCUT2D eigenvalue weighted by Crippen LogP contribution is -2.39. The molecule has 1 amide bonds. The molecule has 0 radical (unpaired) electrons. The predicted octanol–water partition coefficient (Wildman–Crippen LogP) is 1.22. The molecule has 0 bridgehead atoms. The monoisotopic (exact) mass is 297 g/mol. The molecule has 1 aromatic rings. The molecule has 1 N–H and O–H groups in total. The molecule has 4 nitrogen and oxygen atoms in total. The third-order valence-electron chi connectivity index (χ3n) is 3.90. The standard InChI is InChI=1S/C12H16BrN3O/c1-15-7-9(13)4-10(15)12(17)16-3-2-8-5-14-6-11(8)16/h4,7-8,11,14H,2-3,5-6H2,1H3/t8-,11+/m0/s1. The third kappa shape index (κ3) is 1.81. The van der Waals surface area contributed by atoms with E-state index >= 15 is 0 Å². The van der Waals surface area contributed by atoms with Crippen molar-refractivity contribution in [3.63, 3.8) is 0 Å². The maximum Gasteiger partial charge on any atom is 0.270 e. The average Bonchev–Trinajstić information content (AvgIpc) is 2.91. The fourth-order valence-corrected chi connectivity index (χ4v) is 3.51. The number of halogens is 1. The van der Waals surface area contributed by atoms with E-state index in [9.17, 15) is 4.79 Å². The van der Waals surface area contributed by atoms with Gasteiger partial charge in [0, 0.05) is 43.4 Å². The first-order chi connectivity index (χ1) is 8.16. The second kappa shape index (κ2) is 4.14. The number of aryl methyl sites for hydroxylation is 1. The summed E-state index contributed by atoms with van der Waals surface area (Å²) in [6, 6.07) is 2.30. The van der Waals surface area contributed by atoms with Crippen LogP contribution in [0.25, 0.3) is 0 Å². The molecular formula is C12H16BrN3O. The molecule has 0 aromatic carbocycles. The van der Waals surface area contributed by atoms with E-state index in [-0.39, 0.29) is 5.91 Å². The number of amides is 1. The van der Waals surface area contributed by atoms with Gasteiger partial charge in [-0.1, -0.05) is 0 Å². The molecule has 2 saturated heterocycles. The van der Waals surface area contributed by atoms with Crippen molar-refractivity contribution in [3.8, 4) is 0 Å². The van der Waals surface area contributed by atoms with E-state index in [1.807, 2.05) is 28.8 Å². The molecule has 2 aliphatic heterocycles. The smallest absolute Gasteiger partial charge is 0.270 e. The number of hydrogen-bond donors (Lipinski definition) is 1. The zero-order chi connectivity index (χ0) is 12.0. The van der Waals surface area contributed by atoms with Crippen molar-refractivity contribution in [3.05, 3.63) is 22.4 Å². The zero-order valence-corrected chi connectivity index (χ0v) is 11.4. The second-order valence-electron chi connectivity index (χ2n) is 4.93. The van der Waals surface area contributed by atoms with Crippen molar-refractivity contribution in [2.45, 2.75) is 12.5 Å². The minimum Gasteiger partial charge on any atom is -0.345 e. The number of hydrogen-bond acceptors (Lipinski definition) is 2. The topological polar surface area (TPSA) is 37.3 Å². The highest BCUT2D eigenvalue weighted by Crippen LogP contribution is 2.29. The van der Waals surface area contributed by atoms with E-state index in [0.717, 1.165) is 36.2 Å². The Hall–Kier alpha value is -0.810. The van der Waals surface area contributed by atoms with E-state index in [2.05, 4.69) is 21.2 Å². The van der Waals surface area contributed by atoms with Crippen LogP contribution < -0.4 is 5.32 Å². The summed E-state index contributed by atoms with van der Waals surface area (Å²) in [5.41, 5.74) is 0.768. The van der Waals surface area contributed by atoms with Crippen molar-refractivity contribution in [1.29, 1.82) is 0 Å². The fourth-order valence-electron chi connectivity index (χ4n) is 2.99. The van der Waals surface area contributed by atoms with Crippen LogP contribution in [-0.2, 0) is 7.05 Å². The molecule has 17 heavy (non-hydrogen) atoms. The molecule has 3 heterocycles. The van der Waals surface area contributed by atoms with Crippen molar-refractivity contribution < 1.29 is 4.79 Å². The van der Waals surface area contributed by atoms with Crippen molar-refractivity contribution in [2.24, 2.45) is 13.0 Å². The van der Waals surface area contributed by atoms with Crippen LogP contribution >= 0.6 is 15.9 Å². The number of nitrogens with zero attached hydrogens (tertiary/aromatic N) is 2. The molecule has 2 atom stereocenters. The van der Waals surface area contributed by atoms with Gasteiger partial charge in [0.25, 0.3) is 5.91 Å². The molecule has 3 rings (SSSR count). The summed E-state index contributed by atoms with van der Waals surface area (Å²) in [4.78, 5) is 14.5. The number of fused-ring (bicyclic) bond motifs is 1. The highest BCUT2D eigenvalue weighted by Gasteiger charge is 2.40. The molecule has 1 aromatic heterocycles. The molecular weight excluding hydrogens is 282 g/mol. The van der Waals surface area contributed by atoms with Gasteiger partial charge in [-0.3, -0.25) is 4.79 Å². The number of nitrogens with one attached hydrogen (secondary N) is 1. The van der Waals surface area contributed by atoms with Gasteiger partial charge in [0.2, 0.25) is 0 Å². The van der Waals surface area contributed by atoms with E-state index in [1.165, 1.54) is 0 Å². The van der Waals surface area contributed by atoms with Crippen LogP contribution in [0, 0.1) is 5.92 Å². The Kier molecular flexibility index (Phi) is 2.75. The van der Waals surface area contributed by atoms with Gasteiger partial charge < -0.3 is 14.8 Å². The quantitative estimate of drug-likeness (QED) is 0.846. The summed E-state index contributed by atoms with van der Waals surface area (Å²) in [6.45, 7) is 2.91. The number of likely N-dealkylation sites (tertiary alicyclic amines) is 1. The van der Waals surface area contributed by atoms with Gasteiger partial charge >= 0.3 is 0 Å². The molecule has 2 fully saturated rings. The maximum atomic E-state index is 12.5. The molecule has 0 aliphatic carbocycles. The Morgan fingerprint density at radius 2 is 2.35 bits per heavy atom. The van der Waals surface area contributed by atoms with E-state index in [1.54, 1.807) is 0 Å². The Morgan fingerprint density at radius 1 is 1.53 bits per heavy atom. The summed E-state index contributed by atoms with van der Waals surface area (Å²) in [5.74, 6) is 0.817. The van der Waals surface area contributed by atoms with Crippen molar-refractivity contribution in [2.75, 3.05) is 19.6 Å².